The Balaban J connectivity index is 2.31. The first-order chi connectivity index (χ1) is 10.5. The highest BCUT2D eigenvalue weighted by Crippen LogP contribution is 2.27. The lowest BCUT2D eigenvalue weighted by molar-refractivity contribution is -0.139. The summed E-state index contributed by atoms with van der Waals surface area (Å²) < 4.78 is 6.10. The minimum atomic E-state index is -1.03. The van der Waals surface area contributed by atoms with Gasteiger partial charge in [-0.25, -0.2) is 4.79 Å². The van der Waals surface area contributed by atoms with Crippen LogP contribution in [0.2, 0.25) is 5.02 Å². The number of hydrogen-bond donors (Lipinski definition) is 1. The van der Waals surface area contributed by atoms with Gasteiger partial charge < -0.3 is 9.84 Å². The minimum absolute atomic E-state index is 0.404. The van der Waals surface area contributed by atoms with Gasteiger partial charge in [-0.1, -0.05) is 33.6 Å². The summed E-state index contributed by atoms with van der Waals surface area (Å²) in [4.78, 5) is 15.0. The van der Waals surface area contributed by atoms with Gasteiger partial charge in [0.05, 0.1) is 5.69 Å². The van der Waals surface area contributed by atoms with Crippen LogP contribution in [0.5, 0.6) is 5.75 Å². The van der Waals surface area contributed by atoms with Crippen LogP contribution in [0, 0.1) is 6.92 Å². The molecule has 0 bridgehead atoms. The van der Waals surface area contributed by atoms with E-state index in [2.05, 4.69) is 20.9 Å². The van der Waals surface area contributed by atoms with Gasteiger partial charge >= 0.3 is 5.97 Å². The number of benzene rings is 2. The Morgan fingerprint density at radius 3 is 2.91 bits per heavy atom. The molecule has 2 aromatic rings. The largest absolute Gasteiger partial charge is 0.481 e. The van der Waals surface area contributed by atoms with Crippen LogP contribution in [0.15, 0.2) is 45.9 Å². The molecule has 0 heterocycles. The van der Waals surface area contributed by atoms with Crippen molar-refractivity contribution in [3.05, 3.63) is 57.0 Å². The number of aliphatic carboxylic acids is 1. The quantitative estimate of drug-likeness (QED) is 0.767. The van der Waals surface area contributed by atoms with Crippen molar-refractivity contribution in [2.45, 2.75) is 6.92 Å². The third kappa shape index (κ3) is 4.32. The van der Waals surface area contributed by atoms with Crippen LogP contribution in [-0.4, -0.2) is 23.9 Å². The second-order valence-electron chi connectivity index (χ2n) is 4.51. The van der Waals surface area contributed by atoms with Gasteiger partial charge in [-0.2, -0.15) is 0 Å². The van der Waals surface area contributed by atoms with Gasteiger partial charge in [0.15, 0.2) is 6.61 Å². The summed E-state index contributed by atoms with van der Waals surface area (Å²) in [7, 11) is 0. The Bertz CT molecular complexity index is 731. The molecule has 0 saturated heterocycles. The monoisotopic (exact) mass is 381 g/mol. The van der Waals surface area contributed by atoms with Gasteiger partial charge in [0.25, 0.3) is 0 Å². The molecule has 1 N–H and O–H groups in total. The Morgan fingerprint density at radius 2 is 2.18 bits per heavy atom. The topological polar surface area (TPSA) is 58.9 Å². The van der Waals surface area contributed by atoms with Crippen molar-refractivity contribution in [3.63, 3.8) is 0 Å². The van der Waals surface area contributed by atoms with E-state index in [-0.39, 0.29) is 0 Å². The van der Waals surface area contributed by atoms with Crippen LogP contribution >= 0.6 is 27.5 Å². The number of hydrogen-bond acceptors (Lipinski definition) is 3. The standard InChI is InChI=1S/C16H13BrClNO3/c1-10-13(18)3-2-4-14(10)19-8-11-7-12(17)5-6-15(11)22-9-16(20)21/h2-8H,9H2,1H3,(H,20,21). The van der Waals surface area contributed by atoms with Crippen LogP contribution in [-0.2, 0) is 4.79 Å². The van der Waals surface area contributed by atoms with Crippen molar-refractivity contribution in [1.82, 2.24) is 0 Å². The fourth-order valence-corrected chi connectivity index (χ4v) is 2.31. The van der Waals surface area contributed by atoms with Crippen LogP contribution in [0.4, 0.5) is 5.69 Å². The van der Waals surface area contributed by atoms with Crippen LogP contribution in [0.25, 0.3) is 0 Å². The van der Waals surface area contributed by atoms with Gasteiger partial charge in [-0.05, 0) is 42.8 Å². The predicted octanol–water partition coefficient (Wildman–Crippen LogP) is 4.62. The average molecular weight is 383 g/mol. The molecule has 6 heteroatoms. The summed E-state index contributed by atoms with van der Waals surface area (Å²) in [6.07, 6.45) is 1.63. The molecule has 0 aromatic heterocycles. The van der Waals surface area contributed by atoms with Gasteiger partial charge in [0, 0.05) is 21.3 Å². The minimum Gasteiger partial charge on any atom is -0.481 e. The fraction of sp³-hybridized carbons (Fsp3) is 0.125. The first-order valence-corrected chi connectivity index (χ1v) is 7.58. The van der Waals surface area contributed by atoms with Gasteiger partial charge in [-0.15, -0.1) is 0 Å². The second kappa shape index (κ2) is 7.42. The summed E-state index contributed by atoms with van der Waals surface area (Å²) in [5.74, 6) is -0.578. The molecular formula is C16H13BrClNO3. The summed E-state index contributed by atoms with van der Waals surface area (Å²) in [6.45, 7) is 1.48. The molecule has 22 heavy (non-hydrogen) atoms. The number of carboxylic acid groups (broad SMARTS) is 1. The van der Waals surface area contributed by atoms with E-state index in [0.717, 1.165) is 15.7 Å². The SMILES string of the molecule is Cc1c(Cl)cccc1N=Cc1cc(Br)ccc1OCC(=O)O. The van der Waals surface area contributed by atoms with Crippen molar-refractivity contribution >= 4 is 45.4 Å². The van der Waals surface area contributed by atoms with Crippen molar-refractivity contribution in [3.8, 4) is 5.75 Å². The third-order valence-corrected chi connectivity index (χ3v) is 3.81. The van der Waals surface area contributed by atoms with E-state index in [0.29, 0.717) is 16.3 Å². The average Bonchev–Trinajstić information content (AvgIpc) is 2.47. The zero-order chi connectivity index (χ0) is 16.1. The summed E-state index contributed by atoms with van der Waals surface area (Å²) in [6, 6.07) is 10.8. The molecule has 0 aliphatic heterocycles. The maximum absolute atomic E-state index is 10.6. The lowest BCUT2D eigenvalue weighted by Crippen LogP contribution is -2.10. The number of aliphatic imine (C=N–C) groups is 1. The highest BCUT2D eigenvalue weighted by molar-refractivity contribution is 9.10. The smallest absolute Gasteiger partial charge is 0.341 e. The van der Waals surface area contributed by atoms with Crippen molar-refractivity contribution in [1.29, 1.82) is 0 Å². The van der Waals surface area contributed by atoms with E-state index >= 15 is 0 Å². The van der Waals surface area contributed by atoms with E-state index in [1.807, 2.05) is 19.1 Å². The van der Waals surface area contributed by atoms with E-state index < -0.39 is 12.6 Å². The molecule has 0 unspecified atom stereocenters. The molecule has 2 aromatic carbocycles. The third-order valence-electron chi connectivity index (χ3n) is 2.90. The van der Waals surface area contributed by atoms with Crippen molar-refractivity contribution in [2.24, 2.45) is 4.99 Å². The zero-order valence-electron chi connectivity index (χ0n) is 11.7. The molecule has 0 amide bonds. The first kappa shape index (κ1) is 16.5. The van der Waals surface area contributed by atoms with E-state index in [1.165, 1.54) is 0 Å². The molecule has 2 rings (SSSR count). The maximum atomic E-state index is 10.6. The molecule has 4 nitrogen and oxygen atoms in total. The van der Waals surface area contributed by atoms with Gasteiger partial charge in [-0.3, -0.25) is 4.99 Å². The molecule has 0 spiro atoms. The highest BCUT2D eigenvalue weighted by Gasteiger charge is 2.06. The number of carboxylic acids is 1. The Morgan fingerprint density at radius 1 is 1.41 bits per heavy atom. The lowest BCUT2D eigenvalue weighted by atomic mass is 10.2. The van der Waals surface area contributed by atoms with Gasteiger partial charge in [0.1, 0.15) is 5.75 Å². The Labute approximate surface area is 141 Å². The van der Waals surface area contributed by atoms with Crippen LogP contribution < -0.4 is 4.74 Å². The van der Waals surface area contributed by atoms with Crippen molar-refractivity contribution in [2.75, 3.05) is 6.61 Å². The van der Waals surface area contributed by atoms with E-state index in [1.54, 1.807) is 30.5 Å². The number of halogens is 2. The molecule has 0 aliphatic rings. The van der Waals surface area contributed by atoms with Crippen LogP contribution in [0.3, 0.4) is 0 Å². The maximum Gasteiger partial charge on any atom is 0.341 e. The Kier molecular flexibility index (Phi) is 5.57. The van der Waals surface area contributed by atoms with E-state index in [9.17, 15) is 4.79 Å². The fourth-order valence-electron chi connectivity index (χ4n) is 1.77. The zero-order valence-corrected chi connectivity index (χ0v) is 14.1. The summed E-state index contributed by atoms with van der Waals surface area (Å²) in [5, 5.41) is 9.36. The van der Waals surface area contributed by atoms with Gasteiger partial charge in [0.2, 0.25) is 0 Å². The number of carbonyl (C=O) groups is 1. The first-order valence-electron chi connectivity index (χ1n) is 6.40. The Hall–Kier alpha value is -1.85. The second-order valence-corrected chi connectivity index (χ2v) is 5.83. The number of nitrogens with zero attached hydrogens (tertiary/aromatic N) is 1. The molecule has 0 saturated carbocycles. The normalized spacial score (nSPS) is 10.9. The number of rotatable bonds is 5. The molecule has 0 fully saturated rings. The summed E-state index contributed by atoms with van der Waals surface area (Å²) >= 11 is 9.44. The number of ether oxygens (including phenoxy) is 1. The van der Waals surface area contributed by atoms with Crippen molar-refractivity contribution < 1.29 is 14.6 Å². The highest BCUT2D eigenvalue weighted by atomic mass is 79.9. The molecule has 0 radical (unpaired) electrons. The molecular weight excluding hydrogens is 370 g/mol. The molecule has 0 aliphatic carbocycles. The predicted molar refractivity (Wildman–Crippen MR) is 90.7 cm³/mol. The lowest BCUT2D eigenvalue weighted by Gasteiger charge is -2.08. The molecule has 114 valence electrons. The summed E-state index contributed by atoms with van der Waals surface area (Å²) in [5.41, 5.74) is 2.30. The van der Waals surface area contributed by atoms with E-state index in [4.69, 9.17) is 21.4 Å². The molecule has 0 atom stereocenters. The van der Waals surface area contributed by atoms with Crippen LogP contribution in [0.1, 0.15) is 11.1 Å².